The third kappa shape index (κ3) is 4.36. The normalized spacial score (nSPS) is 18.6. The summed E-state index contributed by atoms with van der Waals surface area (Å²) < 4.78 is 5.35. The lowest BCUT2D eigenvalue weighted by Crippen LogP contribution is -2.41. The zero-order valence-electron chi connectivity index (χ0n) is 15.7. The van der Waals surface area contributed by atoms with Crippen molar-refractivity contribution in [1.82, 2.24) is 20.2 Å². The zero-order valence-corrected chi connectivity index (χ0v) is 15.7. The Labute approximate surface area is 159 Å². The van der Waals surface area contributed by atoms with E-state index in [0.29, 0.717) is 12.1 Å². The van der Waals surface area contributed by atoms with Gasteiger partial charge >= 0.3 is 0 Å². The Morgan fingerprint density at radius 3 is 2.70 bits per heavy atom. The van der Waals surface area contributed by atoms with Gasteiger partial charge in [-0.25, -0.2) is 9.97 Å². The predicted molar refractivity (Wildman–Crippen MR) is 105 cm³/mol. The molecule has 2 aliphatic heterocycles. The van der Waals surface area contributed by atoms with Crippen LogP contribution in [0.1, 0.15) is 29.6 Å². The number of hydrogen-bond donors (Lipinski definition) is 1. The molecule has 144 valence electrons. The van der Waals surface area contributed by atoms with Crippen molar-refractivity contribution in [2.24, 2.45) is 0 Å². The number of anilines is 1. The van der Waals surface area contributed by atoms with Gasteiger partial charge in [-0.05, 0) is 37.5 Å². The lowest BCUT2D eigenvalue weighted by Gasteiger charge is -2.28. The molecule has 0 aliphatic carbocycles. The third-order valence-electron chi connectivity index (χ3n) is 5.35. The largest absolute Gasteiger partial charge is 0.379 e. The van der Waals surface area contributed by atoms with Crippen LogP contribution in [-0.4, -0.2) is 73.3 Å². The Morgan fingerprint density at radius 1 is 1.07 bits per heavy atom. The van der Waals surface area contributed by atoms with Gasteiger partial charge in [0, 0.05) is 50.2 Å². The number of amides is 1. The van der Waals surface area contributed by atoms with Crippen molar-refractivity contribution < 1.29 is 9.53 Å². The van der Waals surface area contributed by atoms with Crippen LogP contribution >= 0.6 is 0 Å². The molecule has 0 unspecified atom stereocenters. The fourth-order valence-corrected chi connectivity index (χ4v) is 3.80. The fraction of sp³-hybridized carbons (Fsp3) is 0.550. The van der Waals surface area contributed by atoms with Crippen molar-refractivity contribution in [2.75, 3.05) is 57.4 Å². The van der Waals surface area contributed by atoms with Crippen molar-refractivity contribution in [3.05, 3.63) is 30.1 Å². The number of nitrogens with one attached hydrogen (secondary N) is 1. The Morgan fingerprint density at radius 2 is 1.89 bits per heavy atom. The van der Waals surface area contributed by atoms with Crippen LogP contribution in [0.2, 0.25) is 0 Å². The van der Waals surface area contributed by atoms with Gasteiger partial charge in [0.2, 0.25) is 0 Å². The third-order valence-corrected chi connectivity index (χ3v) is 5.35. The summed E-state index contributed by atoms with van der Waals surface area (Å²) >= 11 is 0. The molecule has 0 radical (unpaired) electrons. The number of morpholine rings is 1. The van der Waals surface area contributed by atoms with Crippen molar-refractivity contribution >= 4 is 22.6 Å². The summed E-state index contributed by atoms with van der Waals surface area (Å²) in [7, 11) is 0. The quantitative estimate of drug-likeness (QED) is 0.865. The predicted octanol–water partition coefficient (Wildman–Crippen LogP) is 1.68. The minimum Gasteiger partial charge on any atom is -0.379 e. The first-order valence-electron chi connectivity index (χ1n) is 9.89. The van der Waals surface area contributed by atoms with Crippen molar-refractivity contribution in [3.8, 4) is 0 Å². The molecule has 27 heavy (non-hydrogen) atoms. The first-order valence-corrected chi connectivity index (χ1v) is 9.89. The Bertz CT molecular complexity index is 785. The van der Waals surface area contributed by atoms with E-state index in [0.717, 1.165) is 62.7 Å². The van der Waals surface area contributed by atoms with Crippen molar-refractivity contribution in [1.29, 1.82) is 0 Å². The van der Waals surface area contributed by atoms with Gasteiger partial charge in [-0.15, -0.1) is 0 Å². The molecule has 1 amide bonds. The monoisotopic (exact) mass is 369 g/mol. The van der Waals surface area contributed by atoms with Crippen LogP contribution in [0.3, 0.4) is 0 Å². The standard InChI is InChI=1S/C20H27N5O2/c26-20(21-6-9-24-10-12-27-13-11-24)16-4-5-18-17(14-16)19(23-15-22-18)25-7-2-1-3-8-25/h4-5,14-15H,1-3,6-13H2,(H,21,26). The second-order valence-corrected chi connectivity index (χ2v) is 7.19. The van der Waals surface area contributed by atoms with E-state index in [-0.39, 0.29) is 5.91 Å². The van der Waals surface area contributed by atoms with Gasteiger partial charge in [-0.3, -0.25) is 9.69 Å². The summed E-state index contributed by atoms with van der Waals surface area (Å²) in [6.45, 7) is 6.94. The molecule has 0 saturated carbocycles. The lowest BCUT2D eigenvalue weighted by molar-refractivity contribution is 0.0383. The smallest absolute Gasteiger partial charge is 0.251 e. The number of rotatable bonds is 5. The van der Waals surface area contributed by atoms with E-state index in [9.17, 15) is 4.79 Å². The van der Waals surface area contributed by atoms with Crippen LogP contribution in [0.15, 0.2) is 24.5 Å². The van der Waals surface area contributed by atoms with Gasteiger partial charge in [-0.2, -0.15) is 0 Å². The molecule has 7 heteroatoms. The van der Waals surface area contributed by atoms with E-state index in [1.54, 1.807) is 6.33 Å². The summed E-state index contributed by atoms with van der Waals surface area (Å²) in [5.41, 5.74) is 1.55. The maximum absolute atomic E-state index is 12.6. The molecular weight excluding hydrogens is 342 g/mol. The van der Waals surface area contributed by atoms with E-state index in [2.05, 4.69) is 25.1 Å². The number of hydrogen-bond acceptors (Lipinski definition) is 6. The summed E-state index contributed by atoms with van der Waals surface area (Å²) in [5, 5.41) is 3.99. The van der Waals surface area contributed by atoms with E-state index in [1.165, 1.54) is 19.3 Å². The second kappa shape index (κ2) is 8.63. The number of fused-ring (bicyclic) bond motifs is 1. The van der Waals surface area contributed by atoms with Gasteiger partial charge in [0.15, 0.2) is 0 Å². The number of carbonyl (C=O) groups excluding carboxylic acids is 1. The van der Waals surface area contributed by atoms with E-state index in [4.69, 9.17) is 4.74 Å². The fourth-order valence-electron chi connectivity index (χ4n) is 3.80. The summed E-state index contributed by atoms with van der Waals surface area (Å²) in [4.78, 5) is 26.1. The van der Waals surface area contributed by atoms with Crippen LogP contribution in [0.25, 0.3) is 10.9 Å². The van der Waals surface area contributed by atoms with Crippen LogP contribution in [0, 0.1) is 0 Å². The molecule has 2 aliphatic rings. The molecule has 0 spiro atoms. The van der Waals surface area contributed by atoms with Crippen LogP contribution < -0.4 is 10.2 Å². The highest BCUT2D eigenvalue weighted by Gasteiger charge is 2.17. The van der Waals surface area contributed by atoms with Gasteiger partial charge in [-0.1, -0.05) is 0 Å². The number of carbonyl (C=O) groups is 1. The molecule has 0 bridgehead atoms. The van der Waals surface area contributed by atoms with Gasteiger partial charge < -0.3 is 15.0 Å². The highest BCUT2D eigenvalue weighted by molar-refractivity contribution is 6.00. The summed E-state index contributed by atoms with van der Waals surface area (Å²) in [5.74, 6) is 0.904. The van der Waals surface area contributed by atoms with Crippen molar-refractivity contribution in [3.63, 3.8) is 0 Å². The molecule has 1 N–H and O–H groups in total. The second-order valence-electron chi connectivity index (χ2n) is 7.19. The molecule has 1 aromatic carbocycles. The molecule has 1 aromatic heterocycles. The molecule has 0 atom stereocenters. The molecule has 7 nitrogen and oxygen atoms in total. The number of ether oxygens (including phenoxy) is 1. The Balaban J connectivity index is 1.45. The minimum atomic E-state index is -0.0430. The average molecular weight is 369 g/mol. The zero-order chi connectivity index (χ0) is 18.5. The highest BCUT2D eigenvalue weighted by Crippen LogP contribution is 2.26. The molecule has 4 rings (SSSR count). The number of piperidine rings is 1. The molecule has 3 heterocycles. The maximum Gasteiger partial charge on any atom is 0.251 e. The molecule has 2 fully saturated rings. The topological polar surface area (TPSA) is 70.6 Å². The number of aromatic nitrogens is 2. The van der Waals surface area contributed by atoms with Gasteiger partial charge in [0.25, 0.3) is 5.91 Å². The molecule has 2 saturated heterocycles. The van der Waals surface area contributed by atoms with E-state index >= 15 is 0 Å². The first-order chi connectivity index (χ1) is 13.3. The van der Waals surface area contributed by atoms with E-state index in [1.807, 2.05) is 18.2 Å². The highest BCUT2D eigenvalue weighted by atomic mass is 16.5. The summed E-state index contributed by atoms with van der Waals surface area (Å²) in [6.07, 6.45) is 5.27. The lowest BCUT2D eigenvalue weighted by atomic mass is 10.1. The molecular formula is C20H27N5O2. The van der Waals surface area contributed by atoms with Gasteiger partial charge in [0.05, 0.1) is 18.7 Å². The van der Waals surface area contributed by atoms with Crippen LogP contribution in [0.5, 0.6) is 0 Å². The Kier molecular flexibility index (Phi) is 5.79. The number of benzene rings is 1. The van der Waals surface area contributed by atoms with E-state index < -0.39 is 0 Å². The Hall–Kier alpha value is -2.25. The van der Waals surface area contributed by atoms with Gasteiger partial charge in [0.1, 0.15) is 12.1 Å². The minimum absolute atomic E-state index is 0.0430. The van der Waals surface area contributed by atoms with Crippen molar-refractivity contribution in [2.45, 2.75) is 19.3 Å². The maximum atomic E-state index is 12.6. The SMILES string of the molecule is O=C(NCCN1CCOCC1)c1ccc2ncnc(N3CCCCC3)c2c1. The van der Waals surface area contributed by atoms with Crippen LogP contribution in [0.4, 0.5) is 5.82 Å². The molecule has 2 aromatic rings. The number of nitrogens with zero attached hydrogens (tertiary/aromatic N) is 4. The first kappa shape index (κ1) is 18.1. The average Bonchev–Trinajstić information content (AvgIpc) is 2.74. The summed E-state index contributed by atoms with van der Waals surface area (Å²) in [6, 6.07) is 5.70. The van der Waals surface area contributed by atoms with Crippen LogP contribution in [-0.2, 0) is 4.74 Å².